The number of fused-ring (bicyclic) bond motifs is 1. The van der Waals surface area contributed by atoms with Crippen molar-refractivity contribution in [2.75, 3.05) is 27.4 Å². The molecule has 12 nitrogen and oxygen atoms in total. The van der Waals surface area contributed by atoms with Crippen LogP contribution in [0.25, 0.3) is 17.0 Å². The number of ether oxygens (including phenoxy) is 3. The van der Waals surface area contributed by atoms with Gasteiger partial charge in [-0.25, -0.2) is 0 Å². The molecule has 174 valence electrons. The van der Waals surface area contributed by atoms with E-state index in [1.165, 1.54) is 20.3 Å². The van der Waals surface area contributed by atoms with Crippen molar-refractivity contribution in [3.8, 4) is 28.8 Å². The highest BCUT2D eigenvalue weighted by atomic mass is 16.6. The number of hydrogen-bond acceptors (Lipinski definition) is 9. The third kappa shape index (κ3) is 4.55. The molecule has 4 rings (SSSR count). The molecule has 0 fully saturated rings. The molecule has 0 aliphatic rings. The lowest BCUT2D eigenvalue weighted by atomic mass is 10.1. The molecule has 0 atom stereocenters. The summed E-state index contributed by atoms with van der Waals surface area (Å²) in [6.07, 6.45) is 0. The quantitative estimate of drug-likeness (QED) is 0.224. The third-order valence-electron chi connectivity index (χ3n) is 4.85. The van der Waals surface area contributed by atoms with Crippen LogP contribution >= 0.6 is 0 Å². The van der Waals surface area contributed by atoms with Gasteiger partial charge in [-0.2, -0.15) is 4.52 Å². The average Bonchev–Trinajstić information content (AvgIpc) is 3.29. The topological polar surface area (TPSA) is 143 Å². The van der Waals surface area contributed by atoms with Crippen molar-refractivity contribution >= 4 is 17.2 Å². The maximum Gasteiger partial charge on any atom is 0.286 e. The molecule has 4 aromatic rings. The monoisotopic (exact) mass is 464 g/mol. The first-order valence-corrected chi connectivity index (χ1v) is 10.1. The number of nitrogens with one attached hydrogen (secondary N) is 1. The fraction of sp³-hybridized carbons (Fsp3) is 0.182. The first-order chi connectivity index (χ1) is 16.5. The molecule has 0 aliphatic heterocycles. The number of nitrogens with zero attached hydrogens (tertiary/aromatic N) is 5. The van der Waals surface area contributed by atoms with Gasteiger partial charge >= 0.3 is 0 Å². The van der Waals surface area contributed by atoms with Gasteiger partial charge in [0.15, 0.2) is 23.0 Å². The minimum Gasteiger partial charge on any atom is -0.493 e. The number of nitro benzene ring substituents is 1. The number of carbonyl (C=O) groups excluding carboxylic acids is 1. The van der Waals surface area contributed by atoms with Crippen LogP contribution in [0.15, 0.2) is 54.6 Å². The first kappa shape index (κ1) is 22.5. The standard InChI is InChI=1S/C22H20N6O6/c1-32-17-12-15(16(28(30)31)13-18(17)33-2)22(29)23-10-11-34-20-9-8-19-24-25-21(27(19)26-20)14-6-4-3-5-7-14/h3-9,12-13H,10-11H2,1-2H3,(H,23,29). The van der Waals surface area contributed by atoms with Crippen molar-refractivity contribution in [1.29, 1.82) is 0 Å². The Morgan fingerprint density at radius 2 is 1.79 bits per heavy atom. The molecule has 34 heavy (non-hydrogen) atoms. The zero-order chi connectivity index (χ0) is 24.1. The molecular weight excluding hydrogens is 444 g/mol. The van der Waals surface area contributed by atoms with Gasteiger partial charge in [0.05, 0.1) is 31.8 Å². The maximum atomic E-state index is 12.6. The highest BCUT2D eigenvalue weighted by Crippen LogP contribution is 2.34. The maximum absolute atomic E-state index is 12.6. The molecule has 2 aromatic carbocycles. The summed E-state index contributed by atoms with van der Waals surface area (Å²) in [5.74, 6) is 0.574. The van der Waals surface area contributed by atoms with E-state index < -0.39 is 16.5 Å². The SMILES string of the molecule is COc1cc(C(=O)NCCOc2ccc3nnc(-c4ccccc4)n3n2)c([N+](=O)[O-])cc1OC. The number of carbonyl (C=O) groups is 1. The largest absolute Gasteiger partial charge is 0.493 e. The zero-order valence-electron chi connectivity index (χ0n) is 18.3. The second kappa shape index (κ2) is 9.81. The molecule has 1 amide bonds. The first-order valence-electron chi connectivity index (χ1n) is 10.1. The van der Waals surface area contributed by atoms with E-state index in [9.17, 15) is 14.9 Å². The minimum absolute atomic E-state index is 0.0775. The second-order valence-electron chi connectivity index (χ2n) is 6.92. The van der Waals surface area contributed by atoms with Crippen LogP contribution in [-0.4, -0.2) is 58.0 Å². The van der Waals surface area contributed by atoms with Crippen LogP contribution in [0.5, 0.6) is 17.4 Å². The number of benzene rings is 2. The lowest BCUT2D eigenvalue weighted by molar-refractivity contribution is -0.385. The molecule has 0 spiro atoms. The van der Waals surface area contributed by atoms with Gasteiger partial charge in [-0.3, -0.25) is 14.9 Å². The van der Waals surface area contributed by atoms with E-state index in [1.807, 2.05) is 30.3 Å². The predicted molar refractivity (Wildman–Crippen MR) is 120 cm³/mol. The van der Waals surface area contributed by atoms with E-state index in [0.29, 0.717) is 17.4 Å². The Balaban J connectivity index is 1.43. The summed E-state index contributed by atoms with van der Waals surface area (Å²) < 4.78 is 17.4. The Kier molecular flexibility index (Phi) is 6.48. The van der Waals surface area contributed by atoms with Gasteiger partial charge in [-0.05, 0) is 6.07 Å². The Morgan fingerprint density at radius 3 is 2.50 bits per heavy atom. The van der Waals surface area contributed by atoms with Crippen molar-refractivity contribution in [3.05, 3.63) is 70.3 Å². The highest BCUT2D eigenvalue weighted by molar-refractivity contribution is 5.99. The zero-order valence-corrected chi connectivity index (χ0v) is 18.3. The van der Waals surface area contributed by atoms with Crippen molar-refractivity contribution < 1.29 is 23.9 Å². The summed E-state index contributed by atoms with van der Waals surface area (Å²) in [5, 5.41) is 26.7. The lowest BCUT2D eigenvalue weighted by Gasteiger charge is -2.11. The number of rotatable bonds is 9. The van der Waals surface area contributed by atoms with Gasteiger partial charge in [0.25, 0.3) is 11.6 Å². The van der Waals surface area contributed by atoms with E-state index in [-0.39, 0.29) is 30.2 Å². The number of nitro groups is 1. The van der Waals surface area contributed by atoms with Crippen LogP contribution in [0, 0.1) is 10.1 Å². The Hall–Kier alpha value is -4.74. The Morgan fingerprint density at radius 1 is 1.06 bits per heavy atom. The van der Waals surface area contributed by atoms with Crippen LogP contribution in [0.1, 0.15) is 10.4 Å². The van der Waals surface area contributed by atoms with E-state index in [0.717, 1.165) is 11.6 Å². The van der Waals surface area contributed by atoms with Gasteiger partial charge in [0.1, 0.15) is 12.2 Å². The summed E-state index contributed by atoms with van der Waals surface area (Å²) >= 11 is 0. The Labute approximate surface area is 193 Å². The van der Waals surface area contributed by atoms with Crippen LogP contribution in [0.3, 0.4) is 0 Å². The fourth-order valence-corrected chi connectivity index (χ4v) is 3.23. The summed E-state index contributed by atoms with van der Waals surface area (Å²) in [5.41, 5.74) is 0.854. The summed E-state index contributed by atoms with van der Waals surface area (Å²) in [4.78, 5) is 23.3. The van der Waals surface area contributed by atoms with Crippen LogP contribution < -0.4 is 19.5 Å². The second-order valence-corrected chi connectivity index (χ2v) is 6.92. The van der Waals surface area contributed by atoms with Crippen molar-refractivity contribution in [1.82, 2.24) is 25.1 Å². The molecule has 0 radical (unpaired) electrons. The molecule has 0 unspecified atom stereocenters. The van der Waals surface area contributed by atoms with E-state index in [2.05, 4.69) is 20.6 Å². The molecule has 1 N–H and O–H groups in total. The van der Waals surface area contributed by atoms with Crippen molar-refractivity contribution in [3.63, 3.8) is 0 Å². The number of aromatic nitrogens is 4. The fourth-order valence-electron chi connectivity index (χ4n) is 3.23. The van der Waals surface area contributed by atoms with Crippen molar-refractivity contribution in [2.24, 2.45) is 0 Å². The molecule has 0 aliphatic carbocycles. The normalized spacial score (nSPS) is 10.6. The molecule has 12 heteroatoms. The van der Waals surface area contributed by atoms with Crippen LogP contribution in [0.2, 0.25) is 0 Å². The minimum atomic E-state index is -0.657. The molecule has 0 bridgehead atoms. The molecule has 0 saturated heterocycles. The molecule has 2 aromatic heterocycles. The van der Waals surface area contributed by atoms with E-state index in [4.69, 9.17) is 14.2 Å². The van der Waals surface area contributed by atoms with Crippen LogP contribution in [0.4, 0.5) is 5.69 Å². The predicted octanol–water partition coefficient (Wildman–Crippen LogP) is 2.53. The van der Waals surface area contributed by atoms with Crippen molar-refractivity contribution in [2.45, 2.75) is 0 Å². The van der Waals surface area contributed by atoms with Crippen LogP contribution in [-0.2, 0) is 0 Å². The third-order valence-corrected chi connectivity index (χ3v) is 4.85. The lowest BCUT2D eigenvalue weighted by Crippen LogP contribution is -2.28. The molecule has 2 heterocycles. The summed E-state index contributed by atoms with van der Waals surface area (Å²) in [6.45, 7) is 0.159. The average molecular weight is 464 g/mol. The number of hydrogen-bond donors (Lipinski definition) is 1. The number of methoxy groups -OCH3 is 2. The highest BCUT2D eigenvalue weighted by Gasteiger charge is 2.24. The van der Waals surface area contributed by atoms with Gasteiger partial charge in [-0.1, -0.05) is 30.3 Å². The van der Waals surface area contributed by atoms with Gasteiger partial charge in [0, 0.05) is 17.7 Å². The van der Waals surface area contributed by atoms with E-state index in [1.54, 1.807) is 16.6 Å². The van der Waals surface area contributed by atoms with Gasteiger partial charge < -0.3 is 19.5 Å². The smallest absolute Gasteiger partial charge is 0.286 e. The molecule has 0 saturated carbocycles. The summed E-state index contributed by atoms with van der Waals surface area (Å²) in [6, 6.07) is 15.2. The number of amides is 1. The Bertz CT molecular complexity index is 1340. The van der Waals surface area contributed by atoms with Gasteiger partial charge in [0.2, 0.25) is 5.88 Å². The van der Waals surface area contributed by atoms with Gasteiger partial charge in [-0.15, -0.1) is 15.3 Å². The van der Waals surface area contributed by atoms with E-state index >= 15 is 0 Å². The molecular formula is C22H20N6O6. The summed E-state index contributed by atoms with van der Waals surface area (Å²) in [7, 11) is 2.73.